The number of carbonyl (C=O) groups excluding carboxylic acids is 2. The lowest BCUT2D eigenvalue weighted by molar-refractivity contribution is -0.129. The summed E-state index contributed by atoms with van der Waals surface area (Å²) in [6.45, 7) is 2.26. The second-order valence-electron chi connectivity index (χ2n) is 11.0. The van der Waals surface area contributed by atoms with Crippen molar-refractivity contribution in [2.24, 2.45) is 11.7 Å². The van der Waals surface area contributed by atoms with Gasteiger partial charge in [0.2, 0.25) is 11.8 Å². The van der Waals surface area contributed by atoms with Crippen LogP contribution in [0.25, 0.3) is 0 Å². The molecule has 2 atom stereocenters. The first kappa shape index (κ1) is 26.1. The maximum Gasteiger partial charge on any atom is 0.248 e. The number of amides is 2. The zero-order valence-electron chi connectivity index (χ0n) is 21.0. The first-order valence-corrected chi connectivity index (χ1v) is 15.4. The Morgan fingerprint density at radius 2 is 1.74 bits per heavy atom. The number of primary amides is 1. The molecule has 1 aliphatic carbocycles. The van der Waals surface area contributed by atoms with Crippen molar-refractivity contribution in [3.05, 3.63) is 35.4 Å². The van der Waals surface area contributed by atoms with Crippen LogP contribution in [0.3, 0.4) is 0 Å². The van der Waals surface area contributed by atoms with Crippen molar-refractivity contribution in [1.29, 1.82) is 0 Å². The Morgan fingerprint density at radius 1 is 1.06 bits per heavy atom. The van der Waals surface area contributed by atoms with E-state index in [4.69, 9.17) is 5.73 Å². The van der Waals surface area contributed by atoms with E-state index in [0.717, 1.165) is 44.9 Å². The first-order chi connectivity index (χ1) is 16.7. The van der Waals surface area contributed by atoms with Gasteiger partial charge in [0.25, 0.3) is 0 Å². The summed E-state index contributed by atoms with van der Waals surface area (Å²) in [5.74, 6) is -0.0668. The molecule has 2 N–H and O–H groups in total. The Hall–Kier alpha value is -1.93. The second kappa shape index (κ2) is 11.4. The SMILES string of the molecule is CS(=O)(=O)CC(=O)N(CCCN1C2CCC1CC(c1cccc(C(N)=O)c1)C2)CC1CCCCC1. The molecular weight excluding hydrogens is 462 g/mol. The molecule has 7 nitrogen and oxygen atoms in total. The maximum absolute atomic E-state index is 12.8. The summed E-state index contributed by atoms with van der Waals surface area (Å²) in [6, 6.07) is 8.82. The Labute approximate surface area is 210 Å². The van der Waals surface area contributed by atoms with E-state index in [1.807, 2.05) is 17.0 Å². The van der Waals surface area contributed by atoms with E-state index in [2.05, 4.69) is 11.0 Å². The van der Waals surface area contributed by atoms with Gasteiger partial charge in [0.05, 0.1) is 0 Å². The Kier molecular flexibility index (Phi) is 8.53. The highest BCUT2D eigenvalue weighted by Crippen LogP contribution is 2.43. The molecule has 3 fully saturated rings. The van der Waals surface area contributed by atoms with E-state index in [-0.39, 0.29) is 17.6 Å². The molecule has 1 saturated carbocycles. The van der Waals surface area contributed by atoms with Crippen LogP contribution in [0.15, 0.2) is 24.3 Å². The molecule has 2 saturated heterocycles. The van der Waals surface area contributed by atoms with Gasteiger partial charge >= 0.3 is 0 Å². The minimum atomic E-state index is -3.33. The molecule has 2 bridgehead atoms. The summed E-state index contributed by atoms with van der Waals surface area (Å²) in [5, 5.41) is 0. The standard InChI is InChI=1S/C27H41N3O4S/c1-35(33,34)19-26(31)29(18-20-7-3-2-4-8-20)13-6-14-30-24-11-12-25(30)17-23(16-24)21-9-5-10-22(15-21)27(28)32/h5,9-10,15,20,23-25H,2-4,6-8,11-14,16-19H2,1H3,(H2,28,32). The van der Waals surface area contributed by atoms with Crippen molar-refractivity contribution < 1.29 is 18.0 Å². The number of carbonyl (C=O) groups is 2. The molecule has 8 heteroatoms. The van der Waals surface area contributed by atoms with Gasteiger partial charge in [-0.1, -0.05) is 31.4 Å². The van der Waals surface area contributed by atoms with Gasteiger partial charge in [-0.2, -0.15) is 0 Å². The third-order valence-corrected chi connectivity index (χ3v) is 9.08. The number of sulfone groups is 1. The number of hydrogen-bond donors (Lipinski definition) is 1. The molecule has 2 heterocycles. The summed E-state index contributed by atoms with van der Waals surface area (Å²) in [7, 11) is -3.33. The molecule has 0 radical (unpaired) electrons. The molecule has 1 aromatic carbocycles. The average molecular weight is 504 g/mol. The molecule has 194 valence electrons. The van der Waals surface area contributed by atoms with Crippen LogP contribution < -0.4 is 5.73 Å². The normalized spacial score (nSPS) is 25.5. The van der Waals surface area contributed by atoms with Gasteiger partial charge in [0.15, 0.2) is 9.84 Å². The fraction of sp³-hybridized carbons (Fsp3) is 0.704. The zero-order valence-corrected chi connectivity index (χ0v) is 21.8. The molecule has 0 aromatic heterocycles. The smallest absolute Gasteiger partial charge is 0.248 e. The maximum atomic E-state index is 12.8. The lowest BCUT2D eigenvalue weighted by Crippen LogP contribution is -2.45. The minimum Gasteiger partial charge on any atom is -0.366 e. The van der Waals surface area contributed by atoms with Crippen LogP contribution in [0, 0.1) is 5.92 Å². The van der Waals surface area contributed by atoms with Gasteiger partial charge in [0, 0.05) is 43.5 Å². The van der Waals surface area contributed by atoms with E-state index in [1.54, 1.807) is 6.07 Å². The first-order valence-electron chi connectivity index (χ1n) is 13.3. The molecule has 2 amide bonds. The molecule has 2 aliphatic heterocycles. The zero-order chi connectivity index (χ0) is 25.0. The molecular formula is C27H41N3O4S. The van der Waals surface area contributed by atoms with E-state index in [0.29, 0.717) is 42.6 Å². The van der Waals surface area contributed by atoms with Crippen LogP contribution in [-0.2, 0) is 14.6 Å². The predicted molar refractivity (Wildman–Crippen MR) is 138 cm³/mol. The number of nitrogens with two attached hydrogens (primary N) is 1. The van der Waals surface area contributed by atoms with E-state index < -0.39 is 9.84 Å². The topological polar surface area (TPSA) is 101 Å². The third-order valence-electron chi connectivity index (χ3n) is 8.31. The summed E-state index contributed by atoms with van der Waals surface area (Å²) in [5.41, 5.74) is 7.27. The van der Waals surface area contributed by atoms with Crippen molar-refractivity contribution in [2.45, 2.75) is 82.2 Å². The quantitative estimate of drug-likeness (QED) is 0.528. The van der Waals surface area contributed by atoms with Crippen LogP contribution in [0.5, 0.6) is 0 Å². The fourth-order valence-electron chi connectivity index (χ4n) is 6.62. The third kappa shape index (κ3) is 7.06. The van der Waals surface area contributed by atoms with Crippen LogP contribution in [0.4, 0.5) is 0 Å². The number of benzene rings is 1. The molecule has 1 aromatic rings. The number of piperidine rings is 1. The van der Waals surface area contributed by atoms with Gasteiger partial charge < -0.3 is 10.6 Å². The monoisotopic (exact) mass is 503 g/mol. The van der Waals surface area contributed by atoms with E-state index >= 15 is 0 Å². The van der Waals surface area contributed by atoms with Gasteiger partial charge in [-0.3, -0.25) is 14.5 Å². The summed E-state index contributed by atoms with van der Waals surface area (Å²) >= 11 is 0. The minimum absolute atomic E-state index is 0.242. The molecule has 4 rings (SSSR count). The predicted octanol–water partition coefficient (Wildman–Crippen LogP) is 3.34. The largest absolute Gasteiger partial charge is 0.366 e. The van der Waals surface area contributed by atoms with Crippen LogP contribution in [-0.4, -0.2) is 73.8 Å². The van der Waals surface area contributed by atoms with Gasteiger partial charge in [-0.05, 0) is 74.5 Å². The fourth-order valence-corrected chi connectivity index (χ4v) is 7.25. The van der Waals surface area contributed by atoms with Crippen LogP contribution in [0.2, 0.25) is 0 Å². The van der Waals surface area contributed by atoms with Gasteiger partial charge in [-0.25, -0.2) is 8.42 Å². The highest BCUT2D eigenvalue weighted by atomic mass is 32.2. The van der Waals surface area contributed by atoms with Crippen molar-refractivity contribution in [3.63, 3.8) is 0 Å². The van der Waals surface area contributed by atoms with Crippen LogP contribution >= 0.6 is 0 Å². The number of fused-ring (bicyclic) bond motifs is 2. The summed E-state index contributed by atoms with van der Waals surface area (Å²) < 4.78 is 23.6. The Bertz CT molecular complexity index is 991. The number of hydrogen-bond acceptors (Lipinski definition) is 5. The van der Waals surface area contributed by atoms with Crippen molar-refractivity contribution in [2.75, 3.05) is 31.6 Å². The van der Waals surface area contributed by atoms with E-state index in [1.165, 1.54) is 37.7 Å². The average Bonchev–Trinajstić information content (AvgIpc) is 3.04. The summed E-state index contributed by atoms with van der Waals surface area (Å²) in [4.78, 5) is 28.9. The van der Waals surface area contributed by atoms with E-state index in [9.17, 15) is 18.0 Å². The van der Waals surface area contributed by atoms with Crippen molar-refractivity contribution in [1.82, 2.24) is 9.80 Å². The number of nitrogens with zero attached hydrogens (tertiary/aromatic N) is 2. The lowest BCUT2D eigenvalue weighted by Gasteiger charge is -2.39. The highest BCUT2D eigenvalue weighted by Gasteiger charge is 2.40. The van der Waals surface area contributed by atoms with Gasteiger partial charge in [0.1, 0.15) is 5.75 Å². The lowest BCUT2D eigenvalue weighted by atomic mass is 9.84. The van der Waals surface area contributed by atoms with Crippen molar-refractivity contribution in [3.8, 4) is 0 Å². The van der Waals surface area contributed by atoms with Crippen molar-refractivity contribution >= 4 is 21.7 Å². The second-order valence-corrected chi connectivity index (χ2v) is 13.2. The number of rotatable bonds is 10. The van der Waals surface area contributed by atoms with Crippen LogP contribution in [0.1, 0.15) is 86.0 Å². The summed E-state index contributed by atoms with van der Waals surface area (Å²) in [6.07, 6.45) is 12.5. The Morgan fingerprint density at radius 3 is 2.37 bits per heavy atom. The molecule has 0 spiro atoms. The molecule has 35 heavy (non-hydrogen) atoms. The molecule has 3 aliphatic rings. The van der Waals surface area contributed by atoms with Gasteiger partial charge in [-0.15, -0.1) is 0 Å². The molecule has 2 unspecified atom stereocenters. The highest BCUT2D eigenvalue weighted by molar-refractivity contribution is 7.91. The Balaban J connectivity index is 1.33.